The summed E-state index contributed by atoms with van der Waals surface area (Å²) < 4.78 is 0. The van der Waals surface area contributed by atoms with E-state index in [1.54, 1.807) is 0 Å². The molecule has 5 heteroatoms. The lowest BCUT2D eigenvalue weighted by atomic mass is 10.1. The van der Waals surface area contributed by atoms with E-state index in [0.717, 1.165) is 6.20 Å². The van der Waals surface area contributed by atoms with E-state index < -0.39 is 5.97 Å². The van der Waals surface area contributed by atoms with Crippen molar-refractivity contribution in [3.63, 3.8) is 0 Å². The fraction of sp³-hybridized carbons (Fsp3) is 0.444. The van der Waals surface area contributed by atoms with Gasteiger partial charge in [-0.25, -0.2) is 0 Å². The largest absolute Gasteiger partial charge is 0.543 e. The zero-order chi connectivity index (χ0) is 11.2. The molecule has 1 rings (SSSR count). The van der Waals surface area contributed by atoms with Crippen molar-refractivity contribution >= 4 is 5.97 Å². The van der Waals surface area contributed by atoms with Gasteiger partial charge in [-0.15, -0.1) is 0 Å². The normalized spacial score (nSPS) is 10.0. The molecule has 0 saturated carbocycles. The number of aromatic carboxylic acids is 1. The van der Waals surface area contributed by atoms with Crippen LogP contribution in [0.1, 0.15) is 31.3 Å². The van der Waals surface area contributed by atoms with Gasteiger partial charge in [0.05, 0.1) is 17.7 Å². The van der Waals surface area contributed by atoms with E-state index in [-0.39, 0.29) is 11.2 Å². The highest BCUT2D eigenvalue weighted by Crippen LogP contribution is 1.84. The van der Waals surface area contributed by atoms with Gasteiger partial charge in [0.15, 0.2) is 0 Å². The molecule has 0 unspecified atom stereocenters. The lowest BCUT2D eigenvalue weighted by Gasteiger charge is -2.01. The maximum absolute atomic E-state index is 9.99. The van der Waals surface area contributed by atoms with Gasteiger partial charge >= 0.3 is 0 Å². The van der Waals surface area contributed by atoms with E-state index in [4.69, 9.17) is 0 Å². The first-order valence-corrected chi connectivity index (χ1v) is 4.13. The summed E-state index contributed by atoms with van der Waals surface area (Å²) in [6, 6.07) is 0. The second-order valence-corrected chi connectivity index (χ2v) is 3.94. The molecule has 14 heavy (non-hydrogen) atoms. The predicted molar refractivity (Wildman–Crippen MR) is 49.0 cm³/mol. The van der Waals surface area contributed by atoms with Gasteiger partial charge in [0.1, 0.15) is 5.69 Å². The van der Waals surface area contributed by atoms with Crippen LogP contribution in [0.25, 0.3) is 0 Å². The second-order valence-electron chi connectivity index (χ2n) is 3.94. The Morgan fingerprint density at radius 2 is 1.93 bits per heavy atom. The first kappa shape index (κ1) is 12.5. The summed E-state index contributed by atoms with van der Waals surface area (Å²) in [6.07, 6.45) is 3.83. The van der Waals surface area contributed by atoms with Gasteiger partial charge in [-0.1, -0.05) is 0 Å². The van der Waals surface area contributed by atoms with Crippen LogP contribution in [0.4, 0.5) is 0 Å². The Labute approximate surface area is 83.0 Å². The standard InChI is InChI=1S/C5H4N2O2.C4H11N/c8-5(9)4-3-6-1-2-7-4;1-4(2,3)5/h1-3H,(H,8,9);5H2,1-3H3. The van der Waals surface area contributed by atoms with Crippen LogP contribution in [-0.4, -0.2) is 21.5 Å². The molecule has 78 valence electrons. The first-order valence-electron chi connectivity index (χ1n) is 4.13. The van der Waals surface area contributed by atoms with E-state index in [1.165, 1.54) is 12.4 Å². The fourth-order valence-corrected chi connectivity index (χ4v) is 0.405. The Kier molecular flexibility index (Phi) is 4.72. The molecule has 0 aliphatic carbocycles. The highest BCUT2D eigenvalue weighted by Gasteiger charge is 2.00. The van der Waals surface area contributed by atoms with Gasteiger partial charge in [-0.3, -0.25) is 9.97 Å². The van der Waals surface area contributed by atoms with Gasteiger partial charge in [0.2, 0.25) is 0 Å². The van der Waals surface area contributed by atoms with Gasteiger partial charge in [-0.05, 0) is 20.8 Å². The zero-order valence-corrected chi connectivity index (χ0v) is 8.65. The van der Waals surface area contributed by atoms with Crippen LogP contribution in [0.2, 0.25) is 0 Å². The Morgan fingerprint density at radius 1 is 1.43 bits per heavy atom. The summed E-state index contributed by atoms with van der Waals surface area (Å²) in [5.41, 5.74) is 3.88. The van der Waals surface area contributed by atoms with Crippen molar-refractivity contribution in [3.05, 3.63) is 24.3 Å². The van der Waals surface area contributed by atoms with Gasteiger partial charge in [-0.2, -0.15) is 0 Å². The second kappa shape index (κ2) is 5.29. The quantitative estimate of drug-likeness (QED) is 0.616. The smallest absolute Gasteiger partial charge is 0.104 e. The van der Waals surface area contributed by atoms with E-state index in [2.05, 4.69) is 36.5 Å². The third-order valence-electron chi connectivity index (χ3n) is 0.772. The third kappa shape index (κ3) is 8.61. The molecule has 0 radical (unpaired) electrons. The number of hydrogen-bond donors (Lipinski definition) is 1. The molecule has 0 amide bonds. The molecule has 3 N–H and O–H groups in total. The minimum absolute atomic E-state index is 0.141. The number of carbonyl (C=O) groups is 1. The average Bonchev–Trinajstić information content (AvgIpc) is 2.03. The summed E-state index contributed by atoms with van der Waals surface area (Å²) in [4.78, 5) is 17.0. The first-order chi connectivity index (χ1) is 6.30. The number of carbonyl (C=O) groups excluding carboxylic acids is 1. The molecule has 0 aliphatic heterocycles. The highest BCUT2D eigenvalue weighted by molar-refractivity contribution is 5.82. The topological polar surface area (TPSA) is 93.5 Å². The predicted octanol–water partition coefficient (Wildman–Crippen LogP) is -1.13. The minimum Gasteiger partial charge on any atom is -0.543 e. The van der Waals surface area contributed by atoms with Crippen molar-refractivity contribution in [2.24, 2.45) is 0 Å². The molecule has 1 heterocycles. The third-order valence-corrected chi connectivity index (χ3v) is 0.772. The van der Waals surface area contributed by atoms with Crippen molar-refractivity contribution in [2.75, 3.05) is 0 Å². The van der Waals surface area contributed by atoms with E-state index >= 15 is 0 Å². The van der Waals surface area contributed by atoms with Crippen molar-refractivity contribution < 1.29 is 15.6 Å². The molecular weight excluding hydrogens is 182 g/mol. The molecule has 1 aromatic heterocycles. The van der Waals surface area contributed by atoms with Crippen molar-refractivity contribution in [3.8, 4) is 0 Å². The Hall–Kier alpha value is -1.49. The number of hydrogen-bond acceptors (Lipinski definition) is 4. The highest BCUT2D eigenvalue weighted by atomic mass is 16.4. The summed E-state index contributed by atoms with van der Waals surface area (Å²) in [5, 5.41) is 9.99. The maximum atomic E-state index is 9.99. The molecule has 1 aromatic rings. The number of nitrogens with zero attached hydrogens (tertiary/aromatic N) is 2. The maximum Gasteiger partial charge on any atom is 0.104 e. The fourth-order valence-electron chi connectivity index (χ4n) is 0.405. The number of quaternary nitrogens is 1. The van der Waals surface area contributed by atoms with Crippen LogP contribution in [-0.2, 0) is 0 Å². The average molecular weight is 197 g/mol. The number of rotatable bonds is 1. The van der Waals surface area contributed by atoms with Crippen LogP contribution in [0.3, 0.4) is 0 Å². The minimum atomic E-state index is -1.30. The lowest BCUT2D eigenvalue weighted by Crippen LogP contribution is -2.67. The van der Waals surface area contributed by atoms with E-state index in [0.29, 0.717) is 0 Å². The lowest BCUT2D eigenvalue weighted by molar-refractivity contribution is -0.458. The summed E-state index contributed by atoms with van der Waals surface area (Å²) in [5.74, 6) is -1.30. The van der Waals surface area contributed by atoms with Gasteiger partial charge in [0.25, 0.3) is 0 Å². The molecule has 0 aromatic carbocycles. The summed E-state index contributed by atoms with van der Waals surface area (Å²) in [6.45, 7) is 6.23. The van der Waals surface area contributed by atoms with Crippen LogP contribution in [0.15, 0.2) is 18.6 Å². The molecule has 0 atom stereocenters. The van der Waals surface area contributed by atoms with E-state index in [1.807, 2.05) is 0 Å². The molecule has 0 aliphatic rings. The van der Waals surface area contributed by atoms with Crippen LogP contribution in [0.5, 0.6) is 0 Å². The number of carboxylic acid groups (broad SMARTS) is 1. The Bertz CT molecular complexity index is 274. The Morgan fingerprint density at radius 3 is 2.14 bits per heavy atom. The monoisotopic (exact) mass is 197 g/mol. The molecule has 0 bridgehead atoms. The molecule has 0 saturated heterocycles. The van der Waals surface area contributed by atoms with Gasteiger partial charge < -0.3 is 15.6 Å². The molecule has 5 nitrogen and oxygen atoms in total. The van der Waals surface area contributed by atoms with Crippen molar-refractivity contribution in [1.82, 2.24) is 9.97 Å². The zero-order valence-electron chi connectivity index (χ0n) is 8.65. The molecule has 0 fully saturated rings. The Balaban J connectivity index is 0.000000292. The van der Waals surface area contributed by atoms with Crippen molar-refractivity contribution in [2.45, 2.75) is 26.3 Å². The van der Waals surface area contributed by atoms with Gasteiger partial charge in [0, 0.05) is 12.4 Å². The number of carboxylic acids is 1. The molecular formula is C9H15N3O2. The molecule has 0 spiro atoms. The van der Waals surface area contributed by atoms with Crippen molar-refractivity contribution in [1.29, 1.82) is 0 Å². The number of aromatic nitrogens is 2. The van der Waals surface area contributed by atoms with Crippen LogP contribution >= 0.6 is 0 Å². The van der Waals surface area contributed by atoms with Crippen LogP contribution < -0.4 is 10.8 Å². The summed E-state index contributed by atoms with van der Waals surface area (Å²) >= 11 is 0. The van der Waals surface area contributed by atoms with Crippen LogP contribution in [0, 0.1) is 0 Å². The SMILES string of the molecule is CC(C)(C)[NH3+].O=C([O-])c1cnccn1. The summed E-state index contributed by atoms with van der Waals surface area (Å²) in [7, 11) is 0. The van der Waals surface area contributed by atoms with E-state index in [9.17, 15) is 9.90 Å².